The van der Waals surface area contributed by atoms with Crippen LogP contribution in [0.2, 0.25) is 0 Å². The standard InChI is InChI=1S/C29H39N3O3/c1-2-35-28(34)30-22-9-3-4-10-23(21-22)31-19-15-29(16-20-31)14-13-25(24-11-5-6-12-26(24)29)27(33)32-17-7-8-18-32/h5-6,11-13,23H,2-4,7-10,14-21H2,1H3. The molecule has 1 atom stereocenters. The molecule has 6 nitrogen and oxygen atoms in total. The number of hydrogen-bond donors (Lipinski definition) is 0. The summed E-state index contributed by atoms with van der Waals surface area (Å²) >= 11 is 0. The fourth-order valence-electron chi connectivity index (χ4n) is 6.66. The highest BCUT2D eigenvalue weighted by Crippen LogP contribution is 2.47. The third kappa shape index (κ3) is 5.09. The van der Waals surface area contributed by atoms with E-state index in [4.69, 9.17) is 4.74 Å². The van der Waals surface area contributed by atoms with Gasteiger partial charge in [-0.25, -0.2) is 4.79 Å². The smallest absolute Gasteiger partial charge is 0.433 e. The number of benzene rings is 1. The lowest BCUT2D eigenvalue weighted by Crippen LogP contribution is -2.48. The molecular weight excluding hydrogens is 438 g/mol. The summed E-state index contributed by atoms with van der Waals surface area (Å²) in [4.78, 5) is 34.2. The summed E-state index contributed by atoms with van der Waals surface area (Å²) in [6.45, 7) is 6.07. The van der Waals surface area contributed by atoms with Crippen LogP contribution in [0.4, 0.5) is 4.79 Å². The predicted octanol–water partition coefficient (Wildman–Crippen LogP) is 5.36. The second-order valence-corrected chi connectivity index (χ2v) is 10.7. The molecule has 2 heterocycles. The monoisotopic (exact) mass is 477 g/mol. The maximum atomic E-state index is 13.3. The molecule has 0 aromatic heterocycles. The van der Waals surface area contributed by atoms with Crippen LogP contribution in [0.1, 0.15) is 82.3 Å². The first-order valence-electron chi connectivity index (χ1n) is 13.7. The summed E-state index contributed by atoms with van der Waals surface area (Å²) in [5, 5.41) is 0. The van der Waals surface area contributed by atoms with Crippen LogP contribution in [0.25, 0.3) is 5.57 Å². The van der Waals surface area contributed by atoms with Gasteiger partial charge in [0.2, 0.25) is 0 Å². The van der Waals surface area contributed by atoms with Gasteiger partial charge in [-0.3, -0.25) is 9.69 Å². The fraction of sp³-hybridized carbons (Fsp3) is 0.621. The Bertz CT molecular complexity index is 1000. The van der Waals surface area contributed by atoms with E-state index in [0.29, 0.717) is 12.6 Å². The van der Waals surface area contributed by atoms with Gasteiger partial charge >= 0.3 is 6.09 Å². The SMILES string of the molecule is CCOC(=O)N=C1CCCCC(N2CCC3(CC=C(C(=O)N4CCCC4)c4ccccc43)CC2)C1. The summed E-state index contributed by atoms with van der Waals surface area (Å²) in [6.07, 6.45) is 12.4. The van der Waals surface area contributed by atoms with Crippen molar-refractivity contribution in [3.8, 4) is 0 Å². The molecule has 2 amide bonds. The molecule has 1 aromatic carbocycles. The normalized spacial score (nSPS) is 25.7. The second kappa shape index (κ2) is 10.7. The molecule has 1 saturated carbocycles. The van der Waals surface area contributed by atoms with E-state index in [1.54, 1.807) is 0 Å². The van der Waals surface area contributed by atoms with Crippen LogP contribution in [0.15, 0.2) is 35.3 Å². The minimum Gasteiger partial charge on any atom is -0.448 e. The highest BCUT2D eigenvalue weighted by molar-refractivity contribution is 6.20. The molecule has 0 bridgehead atoms. The lowest BCUT2D eigenvalue weighted by atomic mass is 9.65. The predicted molar refractivity (Wildman–Crippen MR) is 139 cm³/mol. The Labute approximate surface area is 209 Å². The molecule has 2 aliphatic heterocycles. The zero-order valence-electron chi connectivity index (χ0n) is 21.1. The van der Waals surface area contributed by atoms with E-state index in [1.165, 1.54) is 18.4 Å². The molecule has 6 heteroatoms. The quantitative estimate of drug-likeness (QED) is 0.550. The van der Waals surface area contributed by atoms with E-state index in [0.717, 1.165) is 94.4 Å². The van der Waals surface area contributed by atoms with Gasteiger partial charge in [-0.1, -0.05) is 36.8 Å². The minimum atomic E-state index is -0.439. The van der Waals surface area contributed by atoms with E-state index in [-0.39, 0.29) is 11.3 Å². The third-order valence-electron chi connectivity index (χ3n) is 8.62. The molecule has 4 aliphatic rings. The molecule has 2 saturated heterocycles. The van der Waals surface area contributed by atoms with Gasteiger partial charge in [-0.15, -0.1) is 0 Å². The Morgan fingerprint density at radius 2 is 1.83 bits per heavy atom. The lowest BCUT2D eigenvalue weighted by Gasteiger charge is -2.47. The number of likely N-dealkylation sites (tertiary alicyclic amines) is 2. The molecule has 1 spiro atoms. The summed E-state index contributed by atoms with van der Waals surface area (Å²) < 4.78 is 5.06. The van der Waals surface area contributed by atoms with Crippen molar-refractivity contribution >= 4 is 23.3 Å². The summed E-state index contributed by atoms with van der Waals surface area (Å²) in [7, 11) is 0. The summed E-state index contributed by atoms with van der Waals surface area (Å²) in [5.41, 5.74) is 4.56. The van der Waals surface area contributed by atoms with Crippen LogP contribution in [0.5, 0.6) is 0 Å². The number of piperidine rings is 1. The van der Waals surface area contributed by atoms with Crippen molar-refractivity contribution < 1.29 is 14.3 Å². The van der Waals surface area contributed by atoms with Gasteiger partial charge in [0.25, 0.3) is 5.91 Å². The number of carbonyl (C=O) groups excluding carboxylic acids is 2. The molecule has 0 N–H and O–H groups in total. The van der Waals surface area contributed by atoms with Gasteiger partial charge in [-0.2, -0.15) is 4.99 Å². The number of carbonyl (C=O) groups is 2. The molecule has 5 rings (SSSR count). The molecule has 3 fully saturated rings. The first kappa shape index (κ1) is 24.2. The van der Waals surface area contributed by atoms with Crippen LogP contribution in [0.3, 0.4) is 0 Å². The fourth-order valence-corrected chi connectivity index (χ4v) is 6.66. The number of hydrogen-bond acceptors (Lipinski definition) is 4. The highest BCUT2D eigenvalue weighted by Gasteiger charge is 2.42. The van der Waals surface area contributed by atoms with Crippen molar-refractivity contribution in [2.24, 2.45) is 4.99 Å². The van der Waals surface area contributed by atoms with Gasteiger partial charge in [-0.05, 0) is 82.5 Å². The van der Waals surface area contributed by atoms with Crippen molar-refractivity contribution in [3.05, 3.63) is 41.5 Å². The van der Waals surface area contributed by atoms with Crippen LogP contribution >= 0.6 is 0 Å². The number of rotatable bonds is 3. The third-order valence-corrected chi connectivity index (χ3v) is 8.62. The minimum absolute atomic E-state index is 0.120. The van der Waals surface area contributed by atoms with Crippen LogP contribution in [-0.4, -0.2) is 66.3 Å². The second-order valence-electron chi connectivity index (χ2n) is 10.7. The lowest BCUT2D eigenvalue weighted by molar-refractivity contribution is -0.124. The number of ether oxygens (including phenoxy) is 1. The van der Waals surface area contributed by atoms with Crippen molar-refractivity contribution in [2.45, 2.75) is 82.6 Å². The molecule has 0 radical (unpaired) electrons. The Kier molecular flexibility index (Phi) is 7.37. The van der Waals surface area contributed by atoms with Gasteiger partial charge < -0.3 is 9.64 Å². The first-order chi connectivity index (χ1) is 17.1. The van der Waals surface area contributed by atoms with Gasteiger partial charge in [0.1, 0.15) is 0 Å². The van der Waals surface area contributed by atoms with E-state index in [2.05, 4.69) is 40.2 Å². The average Bonchev–Trinajstić information content (AvgIpc) is 3.32. The first-order valence-corrected chi connectivity index (χ1v) is 13.7. The molecule has 2 aliphatic carbocycles. The zero-order valence-corrected chi connectivity index (χ0v) is 21.1. The van der Waals surface area contributed by atoms with Crippen molar-refractivity contribution in [3.63, 3.8) is 0 Å². The molecule has 1 aromatic rings. The van der Waals surface area contributed by atoms with E-state index in [9.17, 15) is 9.59 Å². The van der Waals surface area contributed by atoms with Gasteiger partial charge in [0, 0.05) is 42.3 Å². The van der Waals surface area contributed by atoms with Gasteiger partial charge in [0.05, 0.1) is 6.61 Å². The molecule has 188 valence electrons. The van der Waals surface area contributed by atoms with Crippen LogP contribution in [-0.2, 0) is 14.9 Å². The Morgan fingerprint density at radius 3 is 2.60 bits per heavy atom. The highest BCUT2D eigenvalue weighted by atomic mass is 16.5. The number of nitrogens with zero attached hydrogens (tertiary/aromatic N) is 3. The van der Waals surface area contributed by atoms with Gasteiger partial charge in [0.15, 0.2) is 0 Å². The van der Waals surface area contributed by atoms with E-state index in [1.807, 2.05) is 11.8 Å². The number of amides is 2. The topological polar surface area (TPSA) is 62.2 Å². The summed E-state index contributed by atoms with van der Waals surface area (Å²) in [6, 6.07) is 9.09. The van der Waals surface area contributed by atoms with E-state index >= 15 is 0 Å². The molecule has 35 heavy (non-hydrogen) atoms. The molecular formula is C29H39N3O3. The Balaban J connectivity index is 1.29. The van der Waals surface area contributed by atoms with Crippen molar-refractivity contribution in [1.82, 2.24) is 9.80 Å². The largest absolute Gasteiger partial charge is 0.448 e. The Morgan fingerprint density at radius 1 is 1.06 bits per heavy atom. The number of allylic oxidation sites excluding steroid dienone is 1. The number of aliphatic imine (C=N–C) groups is 1. The zero-order chi connectivity index (χ0) is 24.3. The number of fused-ring (bicyclic) bond motifs is 2. The maximum Gasteiger partial charge on any atom is 0.433 e. The molecule has 1 unspecified atom stereocenters. The summed E-state index contributed by atoms with van der Waals surface area (Å²) in [5.74, 6) is 0.217. The average molecular weight is 478 g/mol. The van der Waals surface area contributed by atoms with E-state index < -0.39 is 6.09 Å². The van der Waals surface area contributed by atoms with Crippen molar-refractivity contribution in [2.75, 3.05) is 32.8 Å². The van der Waals surface area contributed by atoms with Crippen LogP contribution < -0.4 is 0 Å². The van der Waals surface area contributed by atoms with Crippen molar-refractivity contribution in [1.29, 1.82) is 0 Å². The Hall–Kier alpha value is -2.47. The van der Waals surface area contributed by atoms with Crippen LogP contribution in [0, 0.1) is 0 Å². The maximum absolute atomic E-state index is 13.3.